The summed E-state index contributed by atoms with van der Waals surface area (Å²) < 4.78 is 1.03. The summed E-state index contributed by atoms with van der Waals surface area (Å²) in [4.78, 5) is 15.0. The van der Waals surface area contributed by atoms with Gasteiger partial charge in [-0.2, -0.15) is 0 Å². The Morgan fingerprint density at radius 1 is 1.19 bits per heavy atom. The summed E-state index contributed by atoms with van der Waals surface area (Å²) in [6.45, 7) is 0. The van der Waals surface area contributed by atoms with Gasteiger partial charge in [-0.3, -0.25) is 10.1 Å². The van der Waals surface area contributed by atoms with Crippen LogP contribution in [0.5, 0.6) is 0 Å². The monoisotopic (exact) mass is 316 g/mol. The van der Waals surface area contributed by atoms with Crippen molar-refractivity contribution in [1.82, 2.24) is 4.98 Å². The van der Waals surface area contributed by atoms with Crippen molar-refractivity contribution in [2.45, 2.75) is 0 Å². The normalized spacial score (nSPS) is 11.3. The van der Waals surface area contributed by atoms with Crippen molar-refractivity contribution >= 4 is 51.0 Å². The highest BCUT2D eigenvalue weighted by atomic mass is 35.5. The van der Waals surface area contributed by atoms with Crippen molar-refractivity contribution < 1.29 is 4.92 Å². The van der Waals surface area contributed by atoms with Gasteiger partial charge in [-0.15, -0.1) is 11.3 Å². The van der Waals surface area contributed by atoms with Gasteiger partial charge in [0.2, 0.25) is 0 Å². The SMILES string of the molecule is O=[N+]([O-])c1ccccc1/C=C/c1nc2cc(Cl)ccc2s1. The van der Waals surface area contributed by atoms with Crippen LogP contribution in [-0.2, 0) is 0 Å². The average Bonchev–Trinajstić information content (AvgIpc) is 2.87. The van der Waals surface area contributed by atoms with Crippen molar-refractivity contribution in [1.29, 1.82) is 0 Å². The van der Waals surface area contributed by atoms with Crippen LogP contribution in [0.3, 0.4) is 0 Å². The predicted octanol–water partition coefficient (Wildman–Crippen LogP) is 5.03. The molecule has 0 saturated carbocycles. The molecule has 0 radical (unpaired) electrons. The Labute approximate surface area is 129 Å². The fourth-order valence-electron chi connectivity index (χ4n) is 1.95. The van der Waals surface area contributed by atoms with Crippen LogP contribution >= 0.6 is 22.9 Å². The average molecular weight is 317 g/mol. The summed E-state index contributed by atoms with van der Waals surface area (Å²) in [7, 11) is 0. The van der Waals surface area contributed by atoms with Gasteiger partial charge in [0.05, 0.1) is 20.7 Å². The number of nitrogens with zero attached hydrogens (tertiary/aromatic N) is 2. The molecule has 0 unspecified atom stereocenters. The topological polar surface area (TPSA) is 56.0 Å². The third-order valence-corrected chi connectivity index (χ3v) is 4.14. The molecule has 0 saturated heterocycles. The summed E-state index contributed by atoms with van der Waals surface area (Å²) >= 11 is 7.44. The minimum absolute atomic E-state index is 0.0814. The molecule has 1 heterocycles. The van der Waals surface area contributed by atoms with Gasteiger partial charge < -0.3 is 0 Å². The molecule has 21 heavy (non-hydrogen) atoms. The van der Waals surface area contributed by atoms with Gasteiger partial charge in [0, 0.05) is 11.1 Å². The first-order valence-corrected chi connectivity index (χ1v) is 7.30. The molecule has 6 heteroatoms. The Hall–Kier alpha value is -2.24. The third-order valence-electron chi connectivity index (χ3n) is 2.91. The summed E-state index contributed by atoms with van der Waals surface area (Å²) in [6, 6.07) is 12.1. The van der Waals surface area contributed by atoms with Gasteiger partial charge in [-0.05, 0) is 36.4 Å². The van der Waals surface area contributed by atoms with E-state index < -0.39 is 4.92 Å². The molecule has 0 aliphatic heterocycles. The van der Waals surface area contributed by atoms with Crippen LogP contribution in [0, 0.1) is 10.1 Å². The Morgan fingerprint density at radius 3 is 2.81 bits per heavy atom. The minimum atomic E-state index is -0.391. The Morgan fingerprint density at radius 2 is 2.00 bits per heavy atom. The zero-order valence-corrected chi connectivity index (χ0v) is 12.3. The molecule has 0 atom stereocenters. The lowest BCUT2D eigenvalue weighted by Gasteiger charge is -1.95. The highest BCUT2D eigenvalue weighted by molar-refractivity contribution is 7.19. The number of thiazole rings is 1. The van der Waals surface area contributed by atoms with Crippen LogP contribution in [0.4, 0.5) is 5.69 Å². The molecule has 3 rings (SSSR count). The zero-order chi connectivity index (χ0) is 14.8. The molecule has 0 amide bonds. The molecule has 104 valence electrons. The van der Waals surface area contributed by atoms with Crippen LogP contribution in [-0.4, -0.2) is 9.91 Å². The Kier molecular flexibility index (Phi) is 3.68. The van der Waals surface area contributed by atoms with Gasteiger partial charge in [0.1, 0.15) is 5.01 Å². The minimum Gasteiger partial charge on any atom is -0.258 e. The van der Waals surface area contributed by atoms with Crippen LogP contribution in [0.15, 0.2) is 42.5 Å². The maximum atomic E-state index is 11.0. The predicted molar refractivity (Wildman–Crippen MR) is 86.7 cm³/mol. The fourth-order valence-corrected chi connectivity index (χ4v) is 2.96. The number of halogens is 1. The van der Waals surface area contributed by atoms with Gasteiger partial charge in [-0.25, -0.2) is 4.98 Å². The standard InChI is InChI=1S/C15H9ClN2O2S/c16-11-6-7-14-12(9-11)17-15(21-14)8-5-10-3-1-2-4-13(10)18(19)20/h1-9H/b8-5+. The van der Waals surface area contributed by atoms with Gasteiger partial charge in [0.25, 0.3) is 5.69 Å². The van der Waals surface area contributed by atoms with Crippen molar-refractivity contribution in [2.75, 3.05) is 0 Å². The highest BCUT2D eigenvalue weighted by Gasteiger charge is 2.09. The van der Waals surface area contributed by atoms with Crippen molar-refractivity contribution in [3.63, 3.8) is 0 Å². The van der Waals surface area contributed by atoms with Gasteiger partial charge >= 0.3 is 0 Å². The summed E-state index contributed by atoms with van der Waals surface area (Å²) in [5.74, 6) is 0. The van der Waals surface area contributed by atoms with E-state index in [1.807, 2.05) is 12.1 Å². The molecule has 0 aliphatic carbocycles. The van der Waals surface area contributed by atoms with E-state index in [9.17, 15) is 10.1 Å². The fraction of sp³-hybridized carbons (Fsp3) is 0. The smallest absolute Gasteiger partial charge is 0.258 e. The second-order valence-corrected chi connectivity index (χ2v) is 5.81. The second-order valence-electron chi connectivity index (χ2n) is 4.31. The van der Waals surface area contributed by atoms with Gasteiger partial charge in [-0.1, -0.05) is 23.7 Å². The molecule has 4 nitrogen and oxygen atoms in total. The summed E-state index contributed by atoms with van der Waals surface area (Å²) in [5.41, 5.74) is 1.47. The molecule has 0 spiro atoms. The zero-order valence-electron chi connectivity index (χ0n) is 10.7. The van der Waals surface area contributed by atoms with Crippen LogP contribution in [0.1, 0.15) is 10.6 Å². The molecular weight excluding hydrogens is 308 g/mol. The number of benzene rings is 2. The number of rotatable bonds is 3. The number of aromatic nitrogens is 1. The molecular formula is C15H9ClN2O2S. The number of nitro benzene ring substituents is 1. The number of nitro groups is 1. The van der Waals surface area contributed by atoms with Crippen LogP contribution < -0.4 is 0 Å². The first-order valence-electron chi connectivity index (χ1n) is 6.11. The number of hydrogen-bond donors (Lipinski definition) is 0. The Bertz CT molecular complexity index is 858. The number of hydrogen-bond acceptors (Lipinski definition) is 4. The molecule has 0 N–H and O–H groups in total. The maximum Gasteiger partial charge on any atom is 0.276 e. The molecule has 1 aromatic heterocycles. The molecule has 3 aromatic rings. The molecule has 2 aromatic carbocycles. The maximum absolute atomic E-state index is 11.0. The lowest BCUT2D eigenvalue weighted by atomic mass is 10.1. The van der Waals surface area contributed by atoms with Gasteiger partial charge in [0.15, 0.2) is 0 Å². The highest BCUT2D eigenvalue weighted by Crippen LogP contribution is 2.27. The van der Waals surface area contributed by atoms with Crippen molar-refractivity contribution in [3.8, 4) is 0 Å². The largest absolute Gasteiger partial charge is 0.276 e. The number of para-hydroxylation sites is 1. The van der Waals surface area contributed by atoms with E-state index in [2.05, 4.69) is 4.98 Å². The van der Waals surface area contributed by atoms with Crippen LogP contribution in [0.2, 0.25) is 5.02 Å². The molecule has 0 aliphatic rings. The van der Waals surface area contributed by atoms with Crippen LogP contribution in [0.25, 0.3) is 22.4 Å². The summed E-state index contributed by atoms with van der Waals surface area (Å²) in [6.07, 6.45) is 3.48. The molecule has 0 fully saturated rings. The first-order chi connectivity index (χ1) is 10.1. The number of fused-ring (bicyclic) bond motifs is 1. The quantitative estimate of drug-likeness (QED) is 0.503. The lowest BCUT2D eigenvalue weighted by Crippen LogP contribution is -1.90. The second kappa shape index (κ2) is 5.63. The van der Waals surface area contributed by atoms with E-state index in [4.69, 9.17) is 11.6 Å². The van der Waals surface area contributed by atoms with E-state index in [0.717, 1.165) is 15.2 Å². The van der Waals surface area contributed by atoms with E-state index in [1.54, 1.807) is 36.4 Å². The third kappa shape index (κ3) is 2.94. The lowest BCUT2D eigenvalue weighted by molar-refractivity contribution is -0.385. The van der Waals surface area contributed by atoms with Crippen molar-refractivity contribution in [2.24, 2.45) is 0 Å². The van der Waals surface area contributed by atoms with E-state index in [1.165, 1.54) is 17.4 Å². The van der Waals surface area contributed by atoms with E-state index in [0.29, 0.717) is 10.6 Å². The molecule has 0 bridgehead atoms. The summed E-state index contributed by atoms with van der Waals surface area (Å²) in [5, 5.41) is 12.4. The van der Waals surface area contributed by atoms with E-state index >= 15 is 0 Å². The first kappa shape index (κ1) is 13.7. The van der Waals surface area contributed by atoms with E-state index in [-0.39, 0.29) is 5.69 Å². The Balaban J connectivity index is 1.96. The van der Waals surface area contributed by atoms with Crippen molar-refractivity contribution in [3.05, 3.63) is 68.2 Å².